The Morgan fingerprint density at radius 1 is 0.971 bits per heavy atom. The third kappa shape index (κ3) is 7.34. The van der Waals surface area contributed by atoms with Gasteiger partial charge in [-0.25, -0.2) is 0 Å². The zero-order valence-electron chi connectivity index (χ0n) is 21.0. The van der Waals surface area contributed by atoms with E-state index in [4.69, 9.17) is 4.74 Å². The molecule has 1 aliphatic rings. The molecule has 0 radical (unpaired) electrons. The van der Waals surface area contributed by atoms with E-state index in [0.717, 1.165) is 50.8 Å². The van der Waals surface area contributed by atoms with Crippen LogP contribution in [-0.4, -0.2) is 53.9 Å². The van der Waals surface area contributed by atoms with Crippen molar-refractivity contribution in [3.8, 4) is 5.75 Å². The van der Waals surface area contributed by atoms with Gasteiger partial charge in [-0.05, 0) is 49.8 Å². The van der Waals surface area contributed by atoms with E-state index in [1.54, 1.807) is 0 Å². The van der Waals surface area contributed by atoms with Crippen LogP contribution in [0.25, 0.3) is 0 Å². The van der Waals surface area contributed by atoms with Crippen molar-refractivity contribution < 1.29 is 14.3 Å². The van der Waals surface area contributed by atoms with Gasteiger partial charge in [0.05, 0.1) is 18.0 Å². The second-order valence-corrected chi connectivity index (χ2v) is 9.64. The molecule has 0 N–H and O–H groups in total. The quantitative estimate of drug-likeness (QED) is 0.580. The van der Waals surface area contributed by atoms with Gasteiger partial charge in [-0.3, -0.25) is 9.59 Å². The fraction of sp³-hybridized carbons (Fsp3) is 0.517. The SMILES string of the molecule is CCN1CCCCCCN(C(=O)Cc2ccccc2)[C@@H](CC(C)C)COc2ccccc2C1=O. The highest BCUT2D eigenvalue weighted by Gasteiger charge is 2.26. The molecular formula is C29H40N2O3. The summed E-state index contributed by atoms with van der Waals surface area (Å²) in [5.41, 5.74) is 1.64. The maximum atomic E-state index is 13.5. The minimum Gasteiger partial charge on any atom is -0.491 e. The second kappa shape index (κ2) is 13.2. The van der Waals surface area contributed by atoms with E-state index < -0.39 is 0 Å². The van der Waals surface area contributed by atoms with E-state index in [9.17, 15) is 9.59 Å². The maximum Gasteiger partial charge on any atom is 0.257 e. The van der Waals surface area contributed by atoms with E-state index >= 15 is 0 Å². The van der Waals surface area contributed by atoms with Gasteiger partial charge in [0.2, 0.25) is 5.91 Å². The summed E-state index contributed by atoms with van der Waals surface area (Å²) in [6.07, 6.45) is 5.29. The van der Waals surface area contributed by atoms with Gasteiger partial charge in [0.1, 0.15) is 12.4 Å². The van der Waals surface area contributed by atoms with Crippen molar-refractivity contribution in [2.45, 2.75) is 65.3 Å². The zero-order valence-corrected chi connectivity index (χ0v) is 21.0. The minimum absolute atomic E-state index is 0.0209. The molecule has 2 amide bonds. The van der Waals surface area contributed by atoms with Gasteiger partial charge < -0.3 is 14.5 Å². The molecule has 5 heteroatoms. The van der Waals surface area contributed by atoms with Crippen LogP contribution in [0.1, 0.15) is 68.8 Å². The number of para-hydroxylation sites is 1. The fourth-order valence-electron chi connectivity index (χ4n) is 4.68. The molecule has 3 rings (SSSR count). The molecule has 5 nitrogen and oxygen atoms in total. The number of carbonyl (C=O) groups is 2. The summed E-state index contributed by atoms with van der Waals surface area (Å²) < 4.78 is 6.30. The van der Waals surface area contributed by atoms with E-state index in [-0.39, 0.29) is 17.9 Å². The van der Waals surface area contributed by atoms with Crippen LogP contribution in [0, 0.1) is 5.92 Å². The Morgan fingerprint density at radius 2 is 1.65 bits per heavy atom. The average molecular weight is 465 g/mol. The number of ether oxygens (including phenoxy) is 1. The van der Waals surface area contributed by atoms with Crippen LogP contribution in [0.2, 0.25) is 0 Å². The number of hydrogen-bond acceptors (Lipinski definition) is 3. The van der Waals surface area contributed by atoms with Gasteiger partial charge in [0.15, 0.2) is 0 Å². The highest BCUT2D eigenvalue weighted by atomic mass is 16.5. The summed E-state index contributed by atoms with van der Waals surface area (Å²) in [7, 11) is 0. The number of carbonyl (C=O) groups excluding carboxylic acids is 2. The first-order valence-corrected chi connectivity index (χ1v) is 12.8. The van der Waals surface area contributed by atoms with Gasteiger partial charge in [-0.1, -0.05) is 69.2 Å². The monoisotopic (exact) mass is 464 g/mol. The molecule has 2 aromatic rings. The molecule has 0 aromatic heterocycles. The average Bonchev–Trinajstić information content (AvgIpc) is 2.83. The minimum atomic E-state index is -0.0374. The normalized spacial score (nSPS) is 18.2. The molecule has 0 bridgehead atoms. The van der Waals surface area contributed by atoms with Crippen molar-refractivity contribution in [1.29, 1.82) is 0 Å². The van der Waals surface area contributed by atoms with Crippen molar-refractivity contribution in [3.63, 3.8) is 0 Å². The molecule has 0 spiro atoms. The Labute approximate surface area is 205 Å². The third-order valence-corrected chi connectivity index (χ3v) is 6.50. The molecule has 0 aliphatic carbocycles. The Bertz CT molecular complexity index is 913. The molecule has 2 aromatic carbocycles. The lowest BCUT2D eigenvalue weighted by Gasteiger charge is -2.34. The molecular weight excluding hydrogens is 424 g/mol. The van der Waals surface area contributed by atoms with Crippen LogP contribution in [0.3, 0.4) is 0 Å². The van der Waals surface area contributed by atoms with Gasteiger partial charge >= 0.3 is 0 Å². The van der Waals surface area contributed by atoms with Crippen molar-refractivity contribution in [1.82, 2.24) is 9.80 Å². The van der Waals surface area contributed by atoms with E-state index in [2.05, 4.69) is 13.8 Å². The zero-order chi connectivity index (χ0) is 24.3. The van der Waals surface area contributed by atoms with Crippen LogP contribution in [0.4, 0.5) is 0 Å². The molecule has 184 valence electrons. The molecule has 1 aliphatic heterocycles. The van der Waals surface area contributed by atoms with Gasteiger partial charge in [0, 0.05) is 19.6 Å². The molecule has 0 fully saturated rings. The number of fused-ring (bicyclic) bond motifs is 1. The Hall–Kier alpha value is -2.82. The second-order valence-electron chi connectivity index (χ2n) is 9.64. The first-order chi connectivity index (χ1) is 16.5. The number of amides is 2. The van der Waals surface area contributed by atoms with Crippen LogP contribution >= 0.6 is 0 Å². The summed E-state index contributed by atoms with van der Waals surface area (Å²) in [4.78, 5) is 30.7. The van der Waals surface area contributed by atoms with Gasteiger partial charge in [-0.2, -0.15) is 0 Å². The number of rotatable bonds is 5. The summed E-state index contributed by atoms with van der Waals surface area (Å²) in [6.45, 7) is 8.95. The summed E-state index contributed by atoms with van der Waals surface area (Å²) in [5, 5.41) is 0. The summed E-state index contributed by atoms with van der Waals surface area (Å²) in [5.74, 6) is 1.20. The van der Waals surface area contributed by atoms with E-state index in [0.29, 0.717) is 36.8 Å². The van der Waals surface area contributed by atoms with Crippen molar-refractivity contribution in [3.05, 3.63) is 65.7 Å². The first kappa shape index (κ1) is 25.8. The number of nitrogens with zero attached hydrogens (tertiary/aromatic N) is 2. The molecule has 0 unspecified atom stereocenters. The lowest BCUT2D eigenvalue weighted by atomic mass is 10.0. The Kier molecular flexibility index (Phi) is 9.99. The molecule has 1 heterocycles. The smallest absolute Gasteiger partial charge is 0.257 e. The van der Waals surface area contributed by atoms with Crippen LogP contribution in [-0.2, 0) is 11.2 Å². The lowest BCUT2D eigenvalue weighted by Crippen LogP contribution is -2.46. The highest BCUT2D eigenvalue weighted by Crippen LogP contribution is 2.23. The van der Waals surface area contributed by atoms with E-state index in [1.165, 1.54) is 0 Å². The lowest BCUT2D eigenvalue weighted by molar-refractivity contribution is -0.134. The van der Waals surface area contributed by atoms with Crippen molar-refractivity contribution in [2.24, 2.45) is 5.92 Å². The fourth-order valence-corrected chi connectivity index (χ4v) is 4.68. The summed E-state index contributed by atoms with van der Waals surface area (Å²) >= 11 is 0. The predicted octanol–water partition coefficient (Wildman–Crippen LogP) is 5.59. The van der Waals surface area contributed by atoms with Gasteiger partial charge in [-0.15, -0.1) is 0 Å². The maximum absolute atomic E-state index is 13.5. The topological polar surface area (TPSA) is 49.9 Å². The van der Waals surface area contributed by atoms with E-state index in [1.807, 2.05) is 71.3 Å². The summed E-state index contributed by atoms with van der Waals surface area (Å²) in [6, 6.07) is 17.4. The Balaban J connectivity index is 1.87. The predicted molar refractivity (Wildman–Crippen MR) is 137 cm³/mol. The molecule has 0 saturated heterocycles. The standard InChI is InChI=1S/C29H40N2O3/c1-4-30-18-12-5-6-13-19-31(28(32)21-24-14-8-7-9-15-24)25(20-23(2)3)22-34-27-17-11-10-16-26(27)29(30)33/h7-11,14-17,23,25H,4-6,12-13,18-22H2,1-3H3/t25-/m0/s1. The largest absolute Gasteiger partial charge is 0.491 e. The molecule has 0 saturated carbocycles. The van der Waals surface area contributed by atoms with Crippen LogP contribution < -0.4 is 4.74 Å². The number of benzene rings is 2. The molecule has 1 atom stereocenters. The third-order valence-electron chi connectivity index (χ3n) is 6.50. The van der Waals surface area contributed by atoms with Crippen LogP contribution in [0.15, 0.2) is 54.6 Å². The molecule has 34 heavy (non-hydrogen) atoms. The van der Waals surface area contributed by atoms with Gasteiger partial charge in [0.25, 0.3) is 5.91 Å². The van der Waals surface area contributed by atoms with Crippen LogP contribution in [0.5, 0.6) is 5.75 Å². The first-order valence-electron chi connectivity index (χ1n) is 12.8. The Morgan fingerprint density at radius 3 is 2.35 bits per heavy atom. The van der Waals surface area contributed by atoms with Crippen molar-refractivity contribution >= 4 is 11.8 Å². The van der Waals surface area contributed by atoms with Crippen molar-refractivity contribution in [2.75, 3.05) is 26.2 Å². The highest BCUT2D eigenvalue weighted by molar-refractivity contribution is 5.96. The number of hydrogen-bond donors (Lipinski definition) is 0.